The van der Waals surface area contributed by atoms with E-state index in [1.165, 1.54) is 28.7 Å². The quantitative estimate of drug-likeness (QED) is 0.550. The second-order valence-electron chi connectivity index (χ2n) is 6.56. The van der Waals surface area contributed by atoms with E-state index in [2.05, 4.69) is 21.6 Å². The lowest BCUT2D eigenvalue weighted by Gasteiger charge is -2.20. The minimum atomic E-state index is -0.238. The molecular weight excluding hydrogens is 404 g/mol. The second-order valence-corrected chi connectivity index (χ2v) is 9.12. The Morgan fingerprint density at radius 3 is 2.90 bits per heavy atom. The van der Waals surface area contributed by atoms with Gasteiger partial charge >= 0.3 is 0 Å². The van der Waals surface area contributed by atoms with Crippen molar-refractivity contribution in [3.63, 3.8) is 0 Å². The fourth-order valence-electron chi connectivity index (χ4n) is 3.26. The third-order valence-electron chi connectivity index (χ3n) is 4.61. The summed E-state index contributed by atoms with van der Waals surface area (Å²) >= 11 is 2.87. The number of nitrogens with zero attached hydrogens (tertiary/aromatic N) is 3. The molecule has 150 valence electrons. The Morgan fingerprint density at radius 1 is 1.24 bits per heavy atom. The van der Waals surface area contributed by atoms with Crippen molar-refractivity contribution in [2.75, 3.05) is 23.4 Å². The Balaban J connectivity index is 1.41. The number of aromatic nitrogens is 2. The molecule has 0 radical (unpaired) electrons. The molecule has 0 aliphatic carbocycles. The van der Waals surface area contributed by atoms with Gasteiger partial charge in [0.1, 0.15) is 5.75 Å². The standard InChI is InChI=1S/C21H22N4O2S2/c1-3-27-18-11-7-5-9-16(18)22-20-23-24-21(29-20)28-14(2)19(26)25-13-12-15-8-4-6-10-17(15)25/h4-11,14H,3,12-13H2,1-2H3,(H,22,23). The van der Waals surface area contributed by atoms with Crippen molar-refractivity contribution in [2.45, 2.75) is 29.9 Å². The van der Waals surface area contributed by atoms with E-state index in [9.17, 15) is 4.79 Å². The van der Waals surface area contributed by atoms with E-state index in [0.717, 1.165) is 34.4 Å². The van der Waals surface area contributed by atoms with Gasteiger partial charge < -0.3 is 15.0 Å². The summed E-state index contributed by atoms with van der Waals surface area (Å²) in [7, 11) is 0. The zero-order valence-electron chi connectivity index (χ0n) is 16.3. The summed E-state index contributed by atoms with van der Waals surface area (Å²) in [5.41, 5.74) is 3.10. The number of anilines is 3. The van der Waals surface area contributed by atoms with Crippen LogP contribution in [0.2, 0.25) is 0 Å². The lowest BCUT2D eigenvalue weighted by atomic mass is 10.2. The van der Waals surface area contributed by atoms with Gasteiger partial charge in [0.05, 0.1) is 17.5 Å². The first-order valence-electron chi connectivity index (χ1n) is 9.54. The first-order valence-corrected chi connectivity index (χ1v) is 11.2. The molecule has 3 aromatic rings. The molecule has 0 fully saturated rings. The van der Waals surface area contributed by atoms with E-state index in [1.807, 2.05) is 61.2 Å². The maximum Gasteiger partial charge on any atom is 0.240 e. The molecular formula is C21H22N4O2S2. The van der Waals surface area contributed by atoms with E-state index in [0.29, 0.717) is 11.7 Å². The minimum Gasteiger partial charge on any atom is -0.492 e. The lowest BCUT2D eigenvalue weighted by molar-refractivity contribution is -0.117. The SMILES string of the molecule is CCOc1ccccc1Nc1nnc(SC(C)C(=O)N2CCc3ccccc32)s1. The van der Waals surface area contributed by atoms with Gasteiger partial charge in [-0.15, -0.1) is 10.2 Å². The smallest absolute Gasteiger partial charge is 0.240 e. The molecule has 1 N–H and O–H groups in total. The number of carbonyl (C=O) groups is 1. The van der Waals surface area contributed by atoms with Crippen LogP contribution in [-0.2, 0) is 11.2 Å². The molecule has 1 aliphatic heterocycles. The average Bonchev–Trinajstić information content (AvgIpc) is 3.36. The molecule has 0 bridgehead atoms. The molecule has 1 atom stereocenters. The topological polar surface area (TPSA) is 67.3 Å². The van der Waals surface area contributed by atoms with Crippen molar-refractivity contribution in [3.8, 4) is 5.75 Å². The largest absolute Gasteiger partial charge is 0.492 e. The summed E-state index contributed by atoms with van der Waals surface area (Å²) in [6.07, 6.45) is 0.908. The van der Waals surface area contributed by atoms with Crippen LogP contribution in [0.3, 0.4) is 0 Å². The highest BCUT2D eigenvalue weighted by Gasteiger charge is 2.28. The average molecular weight is 427 g/mol. The van der Waals surface area contributed by atoms with E-state index >= 15 is 0 Å². The van der Waals surface area contributed by atoms with Crippen LogP contribution in [0, 0.1) is 0 Å². The fourth-order valence-corrected chi connectivity index (χ4v) is 5.23. The molecule has 2 heterocycles. The van der Waals surface area contributed by atoms with Crippen molar-refractivity contribution in [1.29, 1.82) is 0 Å². The van der Waals surface area contributed by atoms with Gasteiger partial charge in [0.25, 0.3) is 0 Å². The Bertz CT molecular complexity index is 1010. The van der Waals surface area contributed by atoms with Crippen LogP contribution in [-0.4, -0.2) is 34.5 Å². The monoisotopic (exact) mass is 426 g/mol. The van der Waals surface area contributed by atoms with Crippen LogP contribution in [0.4, 0.5) is 16.5 Å². The van der Waals surface area contributed by atoms with Crippen LogP contribution in [0.15, 0.2) is 52.9 Å². The fraction of sp³-hybridized carbons (Fsp3) is 0.286. The number of fused-ring (bicyclic) bond motifs is 1. The van der Waals surface area contributed by atoms with Crippen molar-refractivity contribution >= 4 is 45.5 Å². The van der Waals surface area contributed by atoms with Gasteiger partial charge in [-0.3, -0.25) is 4.79 Å². The highest BCUT2D eigenvalue weighted by atomic mass is 32.2. The number of carbonyl (C=O) groups excluding carboxylic acids is 1. The van der Waals surface area contributed by atoms with Gasteiger partial charge in [0.2, 0.25) is 11.0 Å². The summed E-state index contributed by atoms with van der Waals surface area (Å²) in [6, 6.07) is 15.8. The second kappa shape index (κ2) is 8.84. The van der Waals surface area contributed by atoms with Crippen LogP contribution >= 0.6 is 23.1 Å². The molecule has 8 heteroatoms. The normalized spacial score (nSPS) is 13.8. The van der Waals surface area contributed by atoms with Gasteiger partial charge in [-0.1, -0.05) is 53.4 Å². The molecule has 6 nitrogen and oxygen atoms in total. The van der Waals surface area contributed by atoms with Crippen LogP contribution < -0.4 is 15.0 Å². The Hall–Kier alpha value is -2.58. The Labute approximate surface area is 178 Å². The summed E-state index contributed by atoms with van der Waals surface area (Å²) < 4.78 is 6.40. The number of hydrogen-bond donors (Lipinski definition) is 1. The summed E-state index contributed by atoms with van der Waals surface area (Å²) in [5, 5.41) is 12.1. The number of benzene rings is 2. The van der Waals surface area contributed by atoms with Gasteiger partial charge in [-0.2, -0.15) is 0 Å². The molecule has 1 aliphatic rings. The van der Waals surface area contributed by atoms with E-state index in [1.54, 1.807) is 0 Å². The van der Waals surface area contributed by atoms with Crippen molar-refractivity contribution in [2.24, 2.45) is 0 Å². The highest BCUT2D eigenvalue weighted by Crippen LogP contribution is 2.35. The Morgan fingerprint density at radius 2 is 2.03 bits per heavy atom. The number of amides is 1. The number of ether oxygens (including phenoxy) is 1. The van der Waals surface area contributed by atoms with Gasteiger partial charge in [-0.05, 0) is 44.0 Å². The maximum absolute atomic E-state index is 13.0. The molecule has 4 rings (SSSR count). The predicted molar refractivity (Wildman–Crippen MR) is 119 cm³/mol. The molecule has 1 amide bonds. The predicted octanol–water partition coefficient (Wildman–Crippen LogP) is 4.75. The lowest BCUT2D eigenvalue weighted by Crippen LogP contribution is -2.35. The summed E-state index contributed by atoms with van der Waals surface area (Å²) in [5.74, 6) is 0.877. The molecule has 0 saturated heterocycles. The number of thioether (sulfide) groups is 1. The molecule has 0 spiro atoms. The van der Waals surface area contributed by atoms with Gasteiger partial charge in [0.15, 0.2) is 4.34 Å². The van der Waals surface area contributed by atoms with Gasteiger partial charge in [0, 0.05) is 12.2 Å². The van der Waals surface area contributed by atoms with Crippen molar-refractivity contribution in [1.82, 2.24) is 10.2 Å². The van der Waals surface area contributed by atoms with Gasteiger partial charge in [-0.25, -0.2) is 0 Å². The van der Waals surface area contributed by atoms with Crippen LogP contribution in [0.5, 0.6) is 5.75 Å². The Kier molecular flexibility index (Phi) is 6.01. The number of rotatable bonds is 7. The summed E-state index contributed by atoms with van der Waals surface area (Å²) in [4.78, 5) is 14.8. The maximum atomic E-state index is 13.0. The number of hydrogen-bond acceptors (Lipinski definition) is 7. The van der Waals surface area contributed by atoms with Crippen molar-refractivity contribution in [3.05, 3.63) is 54.1 Å². The van der Waals surface area contributed by atoms with Crippen molar-refractivity contribution < 1.29 is 9.53 Å². The zero-order chi connectivity index (χ0) is 20.2. The third-order valence-corrected chi connectivity index (χ3v) is 6.62. The summed E-state index contributed by atoms with van der Waals surface area (Å²) in [6.45, 7) is 5.20. The van der Waals surface area contributed by atoms with E-state index < -0.39 is 0 Å². The zero-order valence-corrected chi connectivity index (χ0v) is 17.9. The van der Waals surface area contributed by atoms with Crippen LogP contribution in [0.1, 0.15) is 19.4 Å². The van der Waals surface area contributed by atoms with Crippen LogP contribution in [0.25, 0.3) is 0 Å². The molecule has 0 saturated carbocycles. The third kappa shape index (κ3) is 4.38. The first kappa shape index (κ1) is 19.7. The highest BCUT2D eigenvalue weighted by molar-refractivity contribution is 8.02. The van der Waals surface area contributed by atoms with E-state index in [4.69, 9.17) is 4.74 Å². The van der Waals surface area contributed by atoms with E-state index in [-0.39, 0.29) is 11.2 Å². The molecule has 1 unspecified atom stereocenters. The first-order chi connectivity index (χ1) is 14.2. The number of nitrogens with one attached hydrogen (secondary N) is 1. The number of para-hydroxylation sites is 3. The molecule has 1 aromatic heterocycles. The molecule has 29 heavy (non-hydrogen) atoms. The minimum absolute atomic E-state index is 0.103. The molecule has 2 aromatic carbocycles.